The van der Waals surface area contributed by atoms with Crippen LogP contribution in [0.5, 0.6) is 0 Å². The second-order valence-corrected chi connectivity index (χ2v) is 7.70. The van der Waals surface area contributed by atoms with Gasteiger partial charge in [-0.15, -0.1) is 24.0 Å². The highest BCUT2D eigenvalue weighted by atomic mass is 127. The van der Waals surface area contributed by atoms with Crippen LogP contribution in [0.1, 0.15) is 46.0 Å². The van der Waals surface area contributed by atoms with E-state index in [1.807, 2.05) is 7.05 Å². The molecule has 0 aromatic carbocycles. The van der Waals surface area contributed by atoms with Gasteiger partial charge in [-0.25, -0.2) is 0 Å². The molecular weight excluding hydrogens is 405 g/mol. The monoisotopic (exact) mass is 437 g/mol. The van der Waals surface area contributed by atoms with Crippen LogP contribution in [0.3, 0.4) is 0 Å². The van der Waals surface area contributed by atoms with Crippen LogP contribution in [0.2, 0.25) is 0 Å². The number of nitrogens with zero attached hydrogens (tertiary/aromatic N) is 1. The van der Waals surface area contributed by atoms with Crippen LogP contribution >= 0.6 is 24.0 Å². The Morgan fingerprint density at radius 1 is 1.35 bits per heavy atom. The topological polar surface area (TPSA) is 54.9 Å². The molecule has 3 aliphatic rings. The van der Waals surface area contributed by atoms with E-state index in [-0.39, 0.29) is 29.6 Å². The van der Waals surface area contributed by atoms with Crippen molar-refractivity contribution in [2.45, 2.75) is 63.7 Å². The van der Waals surface area contributed by atoms with Crippen molar-refractivity contribution >= 4 is 29.9 Å². The van der Waals surface area contributed by atoms with Crippen molar-refractivity contribution in [2.24, 2.45) is 16.3 Å². The summed E-state index contributed by atoms with van der Waals surface area (Å²) in [5.41, 5.74) is 0.164. The van der Waals surface area contributed by atoms with Crippen LogP contribution in [0.4, 0.5) is 0 Å². The zero-order valence-corrected chi connectivity index (χ0v) is 17.2. The summed E-state index contributed by atoms with van der Waals surface area (Å²) in [6.45, 7) is 5.83. The molecule has 3 rings (SSSR count). The molecule has 0 amide bonds. The highest BCUT2D eigenvalue weighted by molar-refractivity contribution is 14.0. The lowest BCUT2D eigenvalue weighted by Gasteiger charge is -2.57. The predicted octanol–water partition coefficient (Wildman–Crippen LogP) is 2.54. The SMILES string of the molecule is CN=C(NCC(C)(C)OC)NC1C2CCOC2C12CCCC2.I. The van der Waals surface area contributed by atoms with Gasteiger partial charge >= 0.3 is 0 Å². The number of aliphatic imine (C=N–C) groups is 1. The molecule has 23 heavy (non-hydrogen) atoms. The predicted molar refractivity (Wildman–Crippen MR) is 104 cm³/mol. The Morgan fingerprint density at radius 2 is 2.04 bits per heavy atom. The van der Waals surface area contributed by atoms with E-state index >= 15 is 0 Å². The number of hydrogen-bond acceptors (Lipinski definition) is 3. The standard InChI is InChI=1S/C17H31N3O2.HI/c1-16(2,21-4)11-19-15(18-3)20-13-12-7-10-22-14(12)17(13)8-5-6-9-17;/h12-14H,5-11H2,1-4H3,(H2,18,19,20);1H. The minimum atomic E-state index is -0.193. The molecule has 0 radical (unpaired) electrons. The fourth-order valence-electron chi connectivity index (χ4n) is 4.61. The number of methoxy groups -OCH3 is 1. The molecule has 0 bridgehead atoms. The van der Waals surface area contributed by atoms with E-state index in [1.54, 1.807) is 7.11 Å². The van der Waals surface area contributed by atoms with Gasteiger partial charge in [0.15, 0.2) is 5.96 Å². The highest BCUT2D eigenvalue weighted by Gasteiger charge is 2.65. The number of fused-ring (bicyclic) bond motifs is 2. The van der Waals surface area contributed by atoms with Crippen LogP contribution in [-0.4, -0.2) is 51.0 Å². The molecule has 1 aliphatic heterocycles. The second-order valence-electron chi connectivity index (χ2n) is 7.70. The molecule has 134 valence electrons. The maximum absolute atomic E-state index is 6.05. The van der Waals surface area contributed by atoms with E-state index in [2.05, 4.69) is 29.5 Å². The van der Waals surface area contributed by atoms with Gasteiger partial charge in [-0.3, -0.25) is 4.99 Å². The first-order valence-electron chi connectivity index (χ1n) is 8.66. The number of nitrogens with one attached hydrogen (secondary N) is 2. The molecule has 0 aromatic rings. The molecular formula is C17H32IN3O2. The third-order valence-electron chi connectivity index (χ3n) is 6.04. The molecule has 2 aliphatic carbocycles. The second kappa shape index (κ2) is 7.44. The van der Waals surface area contributed by atoms with Crippen LogP contribution in [0.25, 0.3) is 0 Å². The summed E-state index contributed by atoms with van der Waals surface area (Å²) in [7, 11) is 3.59. The van der Waals surface area contributed by atoms with Crippen LogP contribution in [-0.2, 0) is 9.47 Å². The summed E-state index contributed by atoms with van der Waals surface area (Å²) in [4.78, 5) is 4.41. The number of hydrogen-bond donors (Lipinski definition) is 2. The summed E-state index contributed by atoms with van der Waals surface area (Å²) in [5.74, 6) is 1.55. The molecule has 3 unspecified atom stereocenters. The Bertz CT molecular complexity index is 436. The molecule has 5 nitrogen and oxygen atoms in total. The summed E-state index contributed by atoms with van der Waals surface area (Å²) in [6.07, 6.45) is 6.95. The van der Waals surface area contributed by atoms with Crippen LogP contribution in [0.15, 0.2) is 4.99 Å². The zero-order valence-electron chi connectivity index (χ0n) is 14.9. The lowest BCUT2D eigenvalue weighted by atomic mass is 9.54. The van der Waals surface area contributed by atoms with E-state index in [4.69, 9.17) is 9.47 Å². The number of guanidine groups is 1. The summed E-state index contributed by atoms with van der Waals surface area (Å²) >= 11 is 0. The van der Waals surface area contributed by atoms with Crippen LogP contribution in [0, 0.1) is 11.3 Å². The maximum atomic E-state index is 6.05. The Kier molecular flexibility index (Phi) is 6.22. The minimum Gasteiger partial charge on any atom is -0.377 e. The summed E-state index contributed by atoms with van der Waals surface area (Å²) in [6, 6.07) is 0.513. The average Bonchev–Trinajstić information content (AvgIpc) is 3.15. The van der Waals surface area contributed by atoms with Crippen molar-refractivity contribution in [1.29, 1.82) is 0 Å². The van der Waals surface area contributed by atoms with E-state index < -0.39 is 0 Å². The van der Waals surface area contributed by atoms with Crippen molar-refractivity contribution < 1.29 is 9.47 Å². The molecule has 1 spiro atoms. The maximum Gasteiger partial charge on any atom is 0.191 e. The molecule has 2 saturated carbocycles. The number of ether oxygens (including phenoxy) is 2. The first-order chi connectivity index (χ1) is 10.5. The minimum absolute atomic E-state index is 0. The van der Waals surface area contributed by atoms with Crippen molar-refractivity contribution in [3.05, 3.63) is 0 Å². The summed E-state index contributed by atoms with van der Waals surface area (Å²) in [5, 5.41) is 7.13. The van der Waals surface area contributed by atoms with Gasteiger partial charge in [0.1, 0.15) is 0 Å². The van der Waals surface area contributed by atoms with E-state index in [0.29, 0.717) is 23.5 Å². The normalized spacial score (nSPS) is 32.2. The summed E-state index contributed by atoms with van der Waals surface area (Å²) < 4.78 is 11.5. The fraction of sp³-hybridized carbons (Fsp3) is 0.941. The smallest absolute Gasteiger partial charge is 0.191 e. The van der Waals surface area contributed by atoms with Gasteiger partial charge in [0, 0.05) is 44.7 Å². The van der Waals surface area contributed by atoms with Crippen molar-refractivity contribution in [1.82, 2.24) is 10.6 Å². The Hall–Kier alpha value is -0.0800. The average molecular weight is 437 g/mol. The van der Waals surface area contributed by atoms with Crippen molar-refractivity contribution in [2.75, 3.05) is 27.3 Å². The van der Waals surface area contributed by atoms with E-state index in [9.17, 15) is 0 Å². The third-order valence-corrected chi connectivity index (χ3v) is 6.04. The third kappa shape index (κ3) is 3.49. The Labute approximate surface area is 157 Å². The van der Waals surface area contributed by atoms with Crippen molar-refractivity contribution in [3.63, 3.8) is 0 Å². The molecule has 3 fully saturated rings. The quantitative estimate of drug-likeness (QED) is 0.403. The lowest BCUT2D eigenvalue weighted by molar-refractivity contribution is -0.125. The highest BCUT2D eigenvalue weighted by Crippen LogP contribution is 2.60. The number of halogens is 1. The van der Waals surface area contributed by atoms with Gasteiger partial charge in [-0.1, -0.05) is 12.8 Å². The first-order valence-corrected chi connectivity index (χ1v) is 8.66. The molecule has 0 aromatic heterocycles. The molecule has 1 saturated heterocycles. The number of rotatable bonds is 4. The molecule has 2 N–H and O–H groups in total. The van der Waals surface area contributed by atoms with Gasteiger partial charge in [-0.2, -0.15) is 0 Å². The first kappa shape index (κ1) is 19.2. The largest absolute Gasteiger partial charge is 0.377 e. The molecule has 3 atom stereocenters. The Morgan fingerprint density at radius 3 is 2.65 bits per heavy atom. The zero-order chi connectivity index (χ0) is 15.8. The van der Waals surface area contributed by atoms with E-state index in [1.165, 1.54) is 32.1 Å². The molecule has 6 heteroatoms. The van der Waals surface area contributed by atoms with Crippen LogP contribution < -0.4 is 10.6 Å². The lowest BCUT2D eigenvalue weighted by Crippen LogP contribution is -2.69. The van der Waals surface area contributed by atoms with Gasteiger partial charge in [0.25, 0.3) is 0 Å². The van der Waals surface area contributed by atoms with Gasteiger partial charge in [0.2, 0.25) is 0 Å². The van der Waals surface area contributed by atoms with E-state index in [0.717, 1.165) is 19.1 Å². The molecule has 1 heterocycles. The van der Waals surface area contributed by atoms with Crippen molar-refractivity contribution in [3.8, 4) is 0 Å². The van der Waals surface area contributed by atoms with Gasteiger partial charge in [0.05, 0.1) is 11.7 Å². The van der Waals surface area contributed by atoms with Gasteiger partial charge in [-0.05, 0) is 33.1 Å². The Balaban J connectivity index is 0.00000192. The fourth-order valence-corrected chi connectivity index (χ4v) is 4.61. The van der Waals surface area contributed by atoms with Gasteiger partial charge < -0.3 is 20.1 Å².